The molecule has 2 N–H and O–H groups in total. The molecule has 2 aliphatic rings. The van der Waals surface area contributed by atoms with Crippen molar-refractivity contribution >= 4 is 6.09 Å². The summed E-state index contributed by atoms with van der Waals surface area (Å²) < 4.78 is 46.6. The van der Waals surface area contributed by atoms with Crippen LogP contribution in [0.2, 0.25) is 0 Å². The topological polar surface area (TPSA) is 127 Å². The minimum absolute atomic E-state index is 0.0445. The summed E-state index contributed by atoms with van der Waals surface area (Å²) in [6, 6.07) is 10.1. The van der Waals surface area contributed by atoms with Crippen molar-refractivity contribution in [2.24, 2.45) is 17.1 Å². The average Bonchev–Trinajstić information content (AvgIpc) is 2.77. The lowest BCUT2D eigenvalue weighted by molar-refractivity contribution is -0.138. The Morgan fingerprint density at radius 3 is 2.50 bits per heavy atom. The average molecular weight is 441 g/mol. The van der Waals surface area contributed by atoms with Crippen molar-refractivity contribution in [2.75, 3.05) is 19.7 Å². The lowest BCUT2D eigenvalue weighted by atomic mass is 9.57. The number of carbonyl (C=O) groups excluding carboxylic acids is 1. The lowest BCUT2D eigenvalue weighted by Gasteiger charge is -2.45. The Bertz CT molecular complexity index is 1120. The number of hydrogen-bond acceptors (Lipinski definition) is 6. The summed E-state index contributed by atoms with van der Waals surface area (Å²) in [6.45, 7) is 1.60. The van der Waals surface area contributed by atoms with E-state index in [4.69, 9.17) is 10.5 Å². The molecule has 2 atom stereocenters. The molecule has 10 heteroatoms. The Kier molecular flexibility index (Phi) is 5.88. The Morgan fingerprint density at radius 1 is 1.28 bits per heavy atom. The number of rotatable bonds is 2. The fourth-order valence-electron chi connectivity index (χ4n) is 4.41. The van der Waals surface area contributed by atoms with Crippen LogP contribution < -0.4 is 5.73 Å². The zero-order valence-corrected chi connectivity index (χ0v) is 17.0. The van der Waals surface area contributed by atoms with Crippen LogP contribution in [-0.2, 0) is 10.9 Å². The number of carbonyl (C=O) groups is 1. The Labute approximate surface area is 182 Å². The van der Waals surface area contributed by atoms with Crippen LogP contribution in [-0.4, -0.2) is 30.7 Å². The maximum atomic E-state index is 13.9. The summed E-state index contributed by atoms with van der Waals surface area (Å²) >= 11 is 0. The molecule has 0 unspecified atom stereocenters. The summed E-state index contributed by atoms with van der Waals surface area (Å²) in [5, 5.41) is 29.7. The van der Waals surface area contributed by atoms with E-state index < -0.39 is 35.1 Å². The summed E-state index contributed by atoms with van der Waals surface area (Å²) in [7, 11) is 0. The molecule has 1 aliphatic heterocycles. The van der Waals surface area contributed by atoms with Crippen LogP contribution >= 0.6 is 0 Å². The van der Waals surface area contributed by atoms with Gasteiger partial charge in [0.1, 0.15) is 6.07 Å². The van der Waals surface area contributed by atoms with Crippen molar-refractivity contribution < 1.29 is 22.7 Å². The third-order valence-corrected chi connectivity index (χ3v) is 5.79. The van der Waals surface area contributed by atoms with Gasteiger partial charge in [-0.2, -0.15) is 29.0 Å². The van der Waals surface area contributed by atoms with Crippen molar-refractivity contribution in [3.63, 3.8) is 0 Å². The molecule has 0 bridgehead atoms. The number of alkyl halides is 3. The normalized spacial score (nSPS) is 22.0. The molecule has 0 spiro atoms. The zero-order valence-electron chi connectivity index (χ0n) is 17.0. The van der Waals surface area contributed by atoms with Crippen LogP contribution in [0.25, 0.3) is 0 Å². The molecule has 1 aliphatic carbocycles. The number of benzene rings is 1. The summed E-state index contributed by atoms with van der Waals surface area (Å²) in [5.74, 6) is -2.34. The van der Waals surface area contributed by atoms with Crippen LogP contribution in [0.4, 0.5) is 18.0 Å². The molecule has 0 aromatic heterocycles. The number of nitriles is 3. The highest BCUT2D eigenvalue weighted by molar-refractivity contribution is 5.69. The zero-order chi connectivity index (χ0) is 23.7. The second-order valence-electron chi connectivity index (χ2n) is 7.36. The van der Waals surface area contributed by atoms with Gasteiger partial charge in [-0.3, -0.25) is 0 Å². The molecule has 1 aromatic carbocycles. The van der Waals surface area contributed by atoms with Gasteiger partial charge in [-0.05, 0) is 24.1 Å². The number of hydrogen-bond donors (Lipinski definition) is 1. The molecule has 1 heterocycles. The molecular formula is C22H18F3N5O2. The van der Waals surface area contributed by atoms with Gasteiger partial charge in [0.25, 0.3) is 0 Å². The van der Waals surface area contributed by atoms with Gasteiger partial charge in [0.2, 0.25) is 0 Å². The van der Waals surface area contributed by atoms with Crippen molar-refractivity contribution in [3.8, 4) is 18.2 Å². The molecule has 1 aromatic rings. The first kappa shape index (κ1) is 22.7. The van der Waals surface area contributed by atoms with Crippen molar-refractivity contribution in [1.82, 2.24) is 4.90 Å². The van der Waals surface area contributed by atoms with Crippen molar-refractivity contribution in [2.45, 2.75) is 19.0 Å². The molecule has 1 amide bonds. The maximum Gasteiger partial charge on any atom is 0.416 e. The summed E-state index contributed by atoms with van der Waals surface area (Å²) in [5.41, 5.74) is 2.35. The number of nitrogens with two attached hydrogens (primary N) is 1. The fraction of sp³-hybridized carbons (Fsp3) is 0.364. The highest BCUT2D eigenvalue weighted by Gasteiger charge is 2.56. The summed E-state index contributed by atoms with van der Waals surface area (Å²) in [6.07, 6.45) is -3.94. The molecular weight excluding hydrogens is 423 g/mol. The fourth-order valence-corrected chi connectivity index (χ4v) is 4.41. The van der Waals surface area contributed by atoms with Crippen LogP contribution in [0, 0.1) is 45.3 Å². The quantitative estimate of drug-likeness (QED) is 0.747. The molecule has 164 valence electrons. The van der Waals surface area contributed by atoms with Gasteiger partial charge < -0.3 is 15.4 Å². The first-order valence-corrected chi connectivity index (χ1v) is 9.67. The van der Waals surface area contributed by atoms with Gasteiger partial charge in [-0.25, -0.2) is 4.79 Å². The first-order valence-electron chi connectivity index (χ1n) is 9.67. The predicted octanol–water partition coefficient (Wildman–Crippen LogP) is 3.59. The Morgan fingerprint density at radius 2 is 1.94 bits per heavy atom. The predicted molar refractivity (Wildman–Crippen MR) is 105 cm³/mol. The third kappa shape index (κ3) is 3.42. The number of allylic oxidation sites excluding steroid dienone is 2. The first-order chi connectivity index (χ1) is 15.2. The molecule has 0 fully saturated rings. The number of halogens is 3. The SMILES string of the molecule is CCOC(=O)N1CC=C2C(C#N)=C(N)C(C#N)(C#N)[C@@H](c3ccccc3C(F)(F)F)[C@@H]2C1. The van der Waals surface area contributed by atoms with Gasteiger partial charge in [0.05, 0.1) is 35.6 Å². The second kappa shape index (κ2) is 8.28. The second-order valence-corrected chi connectivity index (χ2v) is 7.36. The lowest BCUT2D eigenvalue weighted by Crippen LogP contribution is -2.49. The van der Waals surface area contributed by atoms with E-state index >= 15 is 0 Å². The Hall–Kier alpha value is -3.97. The molecule has 32 heavy (non-hydrogen) atoms. The number of nitrogens with zero attached hydrogens (tertiary/aromatic N) is 4. The minimum Gasteiger partial charge on any atom is -0.450 e. The standard InChI is InChI=1S/C22H18F3N5O2/c1-2-32-20(31)30-8-7-13-15(9-26)19(29)21(11-27,12-28)18(16(13)10-30)14-5-3-4-6-17(14)22(23,24)25/h3-7,16,18H,2,8,10,29H2,1H3/t16-,18+/m1/s1. The molecule has 0 saturated carbocycles. The molecule has 0 saturated heterocycles. The highest BCUT2D eigenvalue weighted by atomic mass is 19.4. The largest absolute Gasteiger partial charge is 0.450 e. The van der Waals surface area contributed by atoms with Crippen LogP contribution in [0.15, 0.2) is 47.2 Å². The van der Waals surface area contributed by atoms with Gasteiger partial charge >= 0.3 is 12.3 Å². The van der Waals surface area contributed by atoms with Gasteiger partial charge in [-0.1, -0.05) is 24.3 Å². The third-order valence-electron chi connectivity index (χ3n) is 5.79. The van der Waals surface area contributed by atoms with E-state index in [0.717, 1.165) is 6.07 Å². The number of amides is 1. The van der Waals surface area contributed by atoms with E-state index in [1.807, 2.05) is 6.07 Å². The van der Waals surface area contributed by atoms with E-state index in [-0.39, 0.29) is 36.5 Å². The number of fused-ring (bicyclic) bond motifs is 1. The van der Waals surface area contributed by atoms with E-state index in [0.29, 0.717) is 5.57 Å². The van der Waals surface area contributed by atoms with Gasteiger partial charge in [0.15, 0.2) is 5.41 Å². The van der Waals surface area contributed by atoms with Gasteiger partial charge in [-0.15, -0.1) is 0 Å². The monoisotopic (exact) mass is 441 g/mol. The molecule has 7 nitrogen and oxygen atoms in total. The Balaban J connectivity index is 2.33. The van der Waals surface area contributed by atoms with Crippen LogP contribution in [0.1, 0.15) is 24.0 Å². The highest BCUT2D eigenvalue weighted by Crippen LogP contribution is 2.55. The van der Waals surface area contributed by atoms with E-state index in [2.05, 4.69) is 0 Å². The number of ether oxygens (including phenoxy) is 1. The van der Waals surface area contributed by atoms with Crippen LogP contribution in [0.5, 0.6) is 0 Å². The summed E-state index contributed by atoms with van der Waals surface area (Å²) in [4.78, 5) is 13.6. The van der Waals surface area contributed by atoms with E-state index in [9.17, 15) is 33.8 Å². The molecule has 0 radical (unpaired) electrons. The minimum atomic E-state index is -4.76. The van der Waals surface area contributed by atoms with Crippen LogP contribution in [0.3, 0.4) is 0 Å². The van der Waals surface area contributed by atoms with Gasteiger partial charge in [0, 0.05) is 24.9 Å². The van der Waals surface area contributed by atoms with E-state index in [1.54, 1.807) is 19.1 Å². The molecule has 3 rings (SSSR count). The smallest absolute Gasteiger partial charge is 0.416 e. The maximum absolute atomic E-state index is 13.9. The van der Waals surface area contributed by atoms with E-state index in [1.165, 1.54) is 29.2 Å². The van der Waals surface area contributed by atoms with Crippen molar-refractivity contribution in [1.29, 1.82) is 15.8 Å². The van der Waals surface area contributed by atoms with Crippen molar-refractivity contribution in [3.05, 3.63) is 58.3 Å².